The molecule has 1 aliphatic heterocycles. The molecule has 0 spiro atoms. The van der Waals surface area contributed by atoms with Gasteiger partial charge in [-0.25, -0.2) is 0 Å². The smallest absolute Gasteiger partial charge is 0.178 e. The number of benzene rings is 1. The molecule has 2 N–H and O–H groups in total. The van der Waals surface area contributed by atoms with E-state index >= 15 is 0 Å². The highest BCUT2D eigenvalue weighted by Gasteiger charge is 2.17. The van der Waals surface area contributed by atoms with Crippen molar-refractivity contribution in [3.63, 3.8) is 0 Å². The summed E-state index contributed by atoms with van der Waals surface area (Å²) in [7, 11) is 0. The van der Waals surface area contributed by atoms with Crippen LogP contribution in [0.4, 0.5) is 5.69 Å². The zero-order chi connectivity index (χ0) is 7.84. The third-order valence-electron chi connectivity index (χ3n) is 1.65. The molecule has 0 radical (unpaired) electrons. The number of aryl methyl sites for hydroxylation is 1. The van der Waals surface area contributed by atoms with E-state index in [1.807, 2.05) is 25.1 Å². The van der Waals surface area contributed by atoms with E-state index in [1.165, 1.54) is 17.3 Å². The van der Waals surface area contributed by atoms with Crippen LogP contribution in [0.15, 0.2) is 23.1 Å². The van der Waals surface area contributed by atoms with Crippen molar-refractivity contribution in [3.8, 4) is 0 Å². The van der Waals surface area contributed by atoms with Crippen LogP contribution in [0.5, 0.6) is 0 Å². The van der Waals surface area contributed by atoms with Crippen molar-refractivity contribution in [3.05, 3.63) is 23.8 Å². The Hall–Kier alpha value is -0.670. The lowest BCUT2D eigenvalue weighted by atomic mass is 10.2. The molecule has 0 fully saturated rings. The molecule has 2 rings (SSSR count). The topological polar surface area (TPSA) is 32.3 Å². The van der Waals surface area contributed by atoms with Gasteiger partial charge in [-0.2, -0.15) is 0 Å². The standard InChI is InChI=1S/C8H9NOS/c1-5-2-3-7-6(4-5)9-8(10)11-7/h2-4,8-10H,1H3/t8-/m1/s1. The largest absolute Gasteiger partial charge is 0.364 e. The molecule has 1 atom stereocenters. The number of anilines is 1. The first-order valence-electron chi connectivity index (χ1n) is 3.47. The summed E-state index contributed by atoms with van der Waals surface area (Å²) in [5, 5.41) is 12.1. The van der Waals surface area contributed by atoms with Crippen LogP contribution in [0.3, 0.4) is 0 Å². The average Bonchev–Trinajstić information content (AvgIpc) is 2.27. The van der Waals surface area contributed by atoms with Gasteiger partial charge in [0.2, 0.25) is 0 Å². The van der Waals surface area contributed by atoms with E-state index < -0.39 is 5.56 Å². The Morgan fingerprint density at radius 3 is 3.18 bits per heavy atom. The summed E-state index contributed by atoms with van der Waals surface area (Å²) in [6, 6.07) is 6.11. The van der Waals surface area contributed by atoms with Crippen LogP contribution >= 0.6 is 11.8 Å². The Morgan fingerprint density at radius 1 is 1.55 bits per heavy atom. The lowest BCUT2D eigenvalue weighted by molar-refractivity contribution is 0.294. The van der Waals surface area contributed by atoms with Gasteiger partial charge in [0.05, 0.1) is 5.69 Å². The number of rotatable bonds is 0. The SMILES string of the molecule is Cc1ccc2c(c1)N[C@H](O)S2. The molecule has 0 amide bonds. The predicted molar refractivity (Wildman–Crippen MR) is 46.7 cm³/mol. The number of aliphatic hydroxyl groups excluding tert-OH is 1. The molecule has 2 nitrogen and oxygen atoms in total. The summed E-state index contributed by atoms with van der Waals surface area (Å²) >= 11 is 1.44. The van der Waals surface area contributed by atoms with Crippen molar-refractivity contribution >= 4 is 17.4 Å². The highest BCUT2D eigenvalue weighted by atomic mass is 32.2. The maximum atomic E-state index is 9.19. The van der Waals surface area contributed by atoms with Crippen LogP contribution in [-0.4, -0.2) is 10.7 Å². The van der Waals surface area contributed by atoms with Gasteiger partial charge in [0.25, 0.3) is 0 Å². The van der Waals surface area contributed by atoms with Crippen LogP contribution in [0, 0.1) is 6.92 Å². The van der Waals surface area contributed by atoms with Crippen molar-refractivity contribution in [2.75, 3.05) is 5.32 Å². The minimum Gasteiger partial charge on any atom is -0.364 e. The third kappa shape index (κ3) is 1.21. The Labute approximate surface area is 69.6 Å². The van der Waals surface area contributed by atoms with Crippen LogP contribution in [-0.2, 0) is 0 Å². The van der Waals surface area contributed by atoms with Crippen molar-refractivity contribution in [2.45, 2.75) is 17.4 Å². The Kier molecular flexibility index (Phi) is 1.55. The molecule has 1 aliphatic rings. The van der Waals surface area contributed by atoms with E-state index in [4.69, 9.17) is 0 Å². The van der Waals surface area contributed by atoms with E-state index in [-0.39, 0.29) is 0 Å². The maximum absolute atomic E-state index is 9.19. The second-order valence-electron chi connectivity index (χ2n) is 2.61. The molecule has 1 aromatic rings. The highest BCUT2D eigenvalue weighted by Crippen LogP contribution is 2.37. The van der Waals surface area contributed by atoms with Gasteiger partial charge in [-0.05, 0) is 24.6 Å². The Morgan fingerprint density at radius 2 is 2.36 bits per heavy atom. The van der Waals surface area contributed by atoms with Gasteiger partial charge < -0.3 is 10.4 Å². The van der Waals surface area contributed by atoms with Crippen LogP contribution in [0.1, 0.15) is 5.56 Å². The molecule has 0 bridgehead atoms. The maximum Gasteiger partial charge on any atom is 0.178 e. The number of thioether (sulfide) groups is 1. The fourth-order valence-electron chi connectivity index (χ4n) is 1.14. The first kappa shape index (κ1) is 7.00. The van der Waals surface area contributed by atoms with Crippen LogP contribution in [0.25, 0.3) is 0 Å². The summed E-state index contributed by atoms with van der Waals surface area (Å²) in [6.45, 7) is 2.04. The molecule has 1 aromatic carbocycles. The second-order valence-corrected chi connectivity index (χ2v) is 3.74. The first-order chi connectivity index (χ1) is 5.25. The number of aliphatic hydroxyl groups is 1. The monoisotopic (exact) mass is 167 g/mol. The molecule has 58 valence electrons. The third-order valence-corrected chi connectivity index (χ3v) is 2.60. The summed E-state index contributed by atoms with van der Waals surface area (Å²) < 4.78 is 0. The predicted octanol–water partition coefficient (Wildman–Crippen LogP) is 1.79. The molecule has 0 aliphatic carbocycles. The van der Waals surface area contributed by atoms with Gasteiger partial charge in [0.1, 0.15) is 0 Å². The fourth-order valence-corrected chi connectivity index (χ4v) is 1.96. The Bertz CT molecular complexity index is 287. The number of fused-ring (bicyclic) bond motifs is 1. The number of nitrogens with one attached hydrogen (secondary N) is 1. The lowest BCUT2D eigenvalue weighted by Crippen LogP contribution is -2.06. The molecule has 11 heavy (non-hydrogen) atoms. The molecular weight excluding hydrogens is 158 g/mol. The van der Waals surface area contributed by atoms with E-state index in [0.29, 0.717) is 0 Å². The van der Waals surface area contributed by atoms with Gasteiger partial charge in [-0.3, -0.25) is 0 Å². The van der Waals surface area contributed by atoms with Gasteiger partial charge in [0.15, 0.2) is 5.56 Å². The molecule has 1 heterocycles. The second kappa shape index (κ2) is 2.43. The summed E-state index contributed by atoms with van der Waals surface area (Å²) in [6.07, 6.45) is 0. The van der Waals surface area contributed by atoms with Crippen LogP contribution < -0.4 is 5.32 Å². The highest BCUT2D eigenvalue weighted by molar-refractivity contribution is 8.00. The van der Waals surface area contributed by atoms with Gasteiger partial charge >= 0.3 is 0 Å². The normalized spacial score (nSPS) is 21.1. The van der Waals surface area contributed by atoms with Crippen molar-refractivity contribution in [1.29, 1.82) is 0 Å². The number of hydrogen-bond acceptors (Lipinski definition) is 3. The fraction of sp³-hybridized carbons (Fsp3) is 0.250. The summed E-state index contributed by atoms with van der Waals surface area (Å²) in [4.78, 5) is 1.13. The van der Waals surface area contributed by atoms with Gasteiger partial charge in [-0.1, -0.05) is 17.8 Å². The quantitative estimate of drug-likeness (QED) is 0.618. The van der Waals surface area contributed by atoms with Crippen molar-refractivity contribution in [2.24, 2.45) is 0 Å². The molecular formula is C8H9NOS. The first-order valence-corrected chi connectivity index (χ1v) is 4.35. The van der Waals surface area contributed by atoms with Crippen molar-refractivity contribution < 1.29 is 5.11 Å². The van der Waals surface area contributed by atoms with E-state index in [0.717, 1.165) is 10.6 Å². The van der Waals surface area contributed by atoms with E-state index in [2.05, 4.69) is 5.32 Å². The lowest BCUT2D eigenvalue weighted by Gasteiger charge is -1.99. The summed E-state index contributed by atoms with van der Waals surface area (Å²) in [5.41, 5.74) is 1.79. The molecule has 0 saturated heterocycles. The van der Waals surface area contributed by atoms with E-state index in [9.17, 15) is 5.11 Å². The zero-order valence-corrected chi connectivity index (χ0v) is 6.98. The molecule has 0 unspecified atom stereocenters. The Balaban J connectivity index is 2.43. The van der Waals surface area contributed by atoms with E-state index in [1.54, 1.807) is 0 Å². The van der Waals surface area contributed by atoms with Gasteiger partial charge in [0, 0.05) is 4.90 Å². The average molecular weight is 167 g/mol. The molecule has 3 heteroatoms. The van der Waals surface area contributed by atoms with Crippen molar-refractivity contribution in [1.82, 2.24) is 0 Å². The minimum absolute atomic E-state index is 0.466. The minimum atomic E-state index is -0.466. The van der Waals surface area contributed by atoms with Crippen LogP contribution in [0.2, 0.25) is 0 Å². The molecule has 0 aromatic heterocycles. The summed E-state index contributed by atoms with van der Waals surface area (Å²) in [5.74, 6) is 0. The van der Waals surface area contributed by atoms with Gasteiger partial charge in [-0.15, -0.1) is 0 Å². The zero-order valence-electron chi connectivity index (χ0n) is 6.16. The molecule has 0 saturated carbocycles. The number of hydrogen-bond donors (Lipinski definition) is 2.